The normalized spacial score (nSPS) is 10.4. The summed E-state index contributed by atoms with van der Waals surface area (Å²) in [6, 6.07) is 1.87. The first kappa shape index (κ1) is 12.2. The van der Waals surface area contributed by atoms with E-state index in [4.69, 9.17) is 16.3 Å². The molecule has 0 saturated carbocycles. The molecule has 0 aliphatic heterocycles. The van der Waals surface area contributed by atoms with Crippen molar-refractivity contribution in [2.24, 2.45) is 0 Å². The zero-order valence-corrected chi connectivity index (χ0v) is 10.5. The Morgan fingerprint density at radius 3 is 2.59 bits per heavy atom. The molecule has 0 N–H and O–H groups in total. The Balaban J connectivity index is 2.37. The first-order chi connectivity index (χ1) is 8.08. The SMILES string of the molecule is Fc1cc(Br)c(Oc2cncnc2Cl)cc1F. The molecule has 0 atom stereocenters. The summed E-state index contributed by atoms with van der Waals surface area (Å²) in [7, 11) is 0. The predicted molar refractivity (Wildman–Crippen MR) is 61.2 cm³/mol. The van der Waals surface area contributed by atoms with Crippen LogP contribution >= 0.6 is 27.5 Å². The zero-order valence-electron chi connectivity index (χ0n) is 8.12. The average molecular weight is 322 g/mol. The molecular formula is C10H4BrClF2N2O. The summed E-state index contributed by atoms with van der Waals surface area (Å²) in [5.41, 5.74) is 0. The molecular weight excluding hydrogens is 317 g/mol. The van der Waals surface area contributed by atoms with Gasteiger partial charge in [0.05, 0.1) is 10.7 Å². The summed E-state index contributed by atoms with van der Waals surface area (Å²) in [5.74, 6) is -1.75. The second-order valence-electron chi connectivity index (χ2n) is 2.98. The van der Waals surface area contributed by atoms with Crippen molar-refractivity contribution in [2.45, 2.75) is 0 Å². The van der Waals surface area contributed by atoms with Crippen molar-refractivity contribution in [3.05, 3.63) is 45.9 Å². The third-order valence-corrected chi connectivity index (χ3v) is 2.73. The van der Waals surface area contributed by atoms with Gasteiger partial charge in [0.25, 0.3) is 0 Å². The smallest absolute Gasteiger partial charge is 0.183 e. The van der Waals surface area contributed by atoms with Crippen LogP contribution in [0, 0.1) is 11.6 Å². The Labute approximate surface area is 109 Å². The van der Waals surface area contributed by atoms with Crippen molar-refractivity contribution in [3.8, 4) is 11.5 Å². The fourth-order valence-corrected chi connectivity index (χ4v) is 1.60. The second-order valence-corrected chi connectivity index (χ2v) is 4.19. The van der Waals surface area contributed by atoms with E-state index < -0.39 is 11.6 Å². The van der Waals surface area contributed by atoms with E-state index in [9.17, 15) is 8.78 Å². The maximum Gasteiger partial charge on any atom is 0.183 e. The molecule has 0 bridgehead atoms. The van der Waals surface area contributed by atoms with E-state index in [1.165, 1.54) is 12.5 Å². The summed E-state index contributed by atoms with van der Waals surface area (Å²) < 4.78 is 31.4. The molecule has 1 aromatic heterocycles. The summed E-state index contributed by atoms with van der Waals surface area (Å²) >= 11 is 8.79. The molecule has 3 nitrogen and oxygen atoms in total. The van der Waals surface area contributed by atoms with E-state index >= 15 is 0 Å². The number of halogens is 4. The molecule has 0 spiro atoms. The lowest BCUT2D eigenvalue weighted by molar-refractivity contribution is 0.455. The Kier molecular flexibility index (Phi) is 3.54. The van der Waals surface area contributed by atoms with Crippen LogP contribution in [0.15, 0.2) is 29.1 Å². The van der Waals surface area contributed by atoms with E-state index in [1.54, 1.807) is 0 Å². The number of benzene rings is 1. The van der Waals surface area contributed by atoms with Gasteiger partial charge in [-0.2, -0.15) is 0 Å². The Hall–Kier alpha value is -1.27. The molecule has 0 amide bonds. The van der Waals surface area contributed by atoms with Crippen molar-refractivity contribution in [1.29, 1.82) is 0 Å². The number of ether oxygens (including phenoxy) is 1. The summed E-state index contributed by atoms with van der Waals surface area (Å²) in [4.78, 5) is 7.40. The summed E-state index contributed by atoms with van der Waals surface area (Å²) in [6.45, 7) is 0. The number of nitrogens with zero attached hydrogens (tertiary/aromatic N) is 2. The lowest BCUT2D eigenvalue weighted by Gasteiger charge is -2.08. The van der Waals surface area contributed by atoms with Gasteiger partial charge in [-0.15, -0.1) is 0 Å². The van der Waals surface area contributed by atoms with Gasteiger partial charge < -0.3 is 4.74 Å². The highest BCUT2D eigenvalue weighted by Crippen LogP contribution is 2.33. The Bertz CT molecular complexity index is 568. The minimum Gasteiger partial charge on any atom is -0.451 e. The quantitative estimate of drug-likeness (QED) is 0.620. The molecule has 0 unspecified atom stereocenters. The molecule has 88 valence electrons. The van der Waals surface area contributed by atoms with Crippen molar-refractivity contribution in [2.75, 3.05) is 0 Å². The van der Waals surface area contributed by atoms with Crippen LogP contribution in [-0.4, -0.2) is 9.97 Å². The molecule has 0 radical (unpaired) electrons. The third-order valence-electron chi connectivity index (χ3n) is 1.83. The predicted octanol–water partition coefficient (Wildman–Crippen LogP) is 3.96. The highest BCUT2D eigenvalue weighted by atomic mass is 79.9. The van der Waals surface area contributed by atoms with Crippen LogP contribution in [0.1, 0.15) is 0 Å². The zero-order chi connectivity index (χ0) is 12.4. The molecule has 0 aliphatic rings. The standard InChI is InChI=1S/C10H4BrClF2N2O/c11-5-1-6(13)7(14)2-8(5)17-9-3-15-4-16-10(9)12/h1-4H. The maximum absolute atomic E-state index is 13.0. The van der Waals surface area contributed by atoms with E-state index in [2.05, 4.69) is 25.9 Å². The third kappa shape index (κ3) is 2.70. The van der Waals surface area contributed by atoms with Gasteiger partial charge in [-0.25, -0.2) is 18.7 Å². The molecule has 7 heteroatoms. The fourth-order valence-electron chi connectivity index (χ4n) is 1.07. The van der Waals surface area contributed by atoms with Crippen LogP contribution < -0.4 is 4.74 Å². The van der Waals surface area contributed by atoms with Gasteiger partial charge in [0.15, 0.2) is 22.5 Å². The molecule has 0 saturated heterocycles. The summed E-state index contributed by atoms with van der Waals surface area (Å²) in [6.07, 6.45) is 2.57. The van der Waals surface area contributed by atoms with Gasteiger partial charge >= 0.3 is 0 Å². The Morgan fingerprint density at radius 1 is 1.18 bits per heavy atom. The van der Waals surface area contributed by atoms with Crippen LogP contribution in [0.3, 0.4) is 0 Å². The highest BCUT2D eigenvalue weighted by molar-refractivity contribution is 9.10. The minimum absolute atomic E-state index is 0.0802. The lowest BCUT2D eigenvalue weighted by Crippen LogP contribution is -1.92. The first-order valence-corrected chi connectivity index (χ1v) is 5.53. The molecule has 1 aromatic carbocycles. The van der Waals surface area contributed by atoms with E-state index in [0.717, 1.165) is 12.1 Å². The number of hydrogen-bond donors (Lipinski definition) is 0. The number of hydrogen-bond acceptors (Lipinski definition) is 3. The Morgan fingerprint density at radius 2 is 1.88 bits per heavy atom. The monoisotopic (exact) mass is 320 g/mol. The highest BCUT2D eigenvalue weighted by Gasteiger charge is 2.11. The van der Waals surface area contributed by atoms with Crippen molar-refractivity contribution in [3.63, 3.8) is 0 Å². The van der Waals surface area contributed by atoms with Gasteiger partial charge in [-0.1, -0.05) is 11.6 Å². The first-order valence-electron chi connectivity index (χ1n) is 4.36. The second kappa shape index (κ2) is 4.93. The van der Waals surface area contributed by atoms with Crippen LogP contribution in [0.25, 0.3) is 0 Å². The number of aromatic nitrogens is 2. The van der Waals surface area contributed by atoms with Crippen LogP contribution in [0.2, 0.25) is 5.15 Å². The van der Waals surface area contributed by atoms with E-state index in [-0.39, 0.29) is 21.1 Å². The van der Waals surface area contributed by atoms with Gasteiger partial charge in [0, 0.05) is 6.07 Å². The molecule has 0 aliphatic carbocycles. The van der Waals surface area contributed by atoms with Crippen molar-refractivity contribution < 1.29 is 13.5 Å². The molecule has 17 heavy (non-hydrogen) atoms. The van der Waals surface area contributed by atoms with E-state index in [0.29, 0.717) is 0 Å². The lowest BCUT2D eigenvalue weighted by atomic mass is 10.3. The number of rotatable bonds is 2. The van der Waals surface area contributed by atoms with Crippen molar-refractivity contribution >= 4 is 27.5 Å². The molecule has 2 aromatic rings. The minimum atomic E-state index is -1.02. The van der Waals surface area contributed by atoms with Gasteiger partial charge in [0.1, 0.15) is 12.1 Å². The van der Waals surface area contributed by atoms with Crippen LogP contribution in [0.5, 0.6) is 11.5 Å². The van der Waals surface area contributed by atoms with Crippen LogP contribution in [-0.2, 0) is 0 Å². The largest absolute Gasteiger partial charge is 0.451 e. The topological polar surface area (TPSA) is 35.0 Å². The summed E-state index contributed by atoms with van der Waals surface area (Å²) in [5, 5.41) is 0.0802. The molecule has 1 heterocycles. The van der Waals surface area contributed by atoms with Gasteiger partial charge in [0.2, 0.25) is 0 Å². The molecule has 0 fully saturated rings. The van der Waals surface area contributed by atoms with Gasteiger partial charge in [-0.3, -0.25) is 0 Å². The molecule has 2 rings (SSSR count). The van der Waals surface area contributed by atoms with Crippen molar-refractivity contribution in [1.82, 2.24) is 9.97 Å². The van der Waals surface area contributed by atoms with Gasteiger partial charge in [-0.05, 0) is 22.0 Å². The van der Waals surface area contributed by atoms with Crippen LogP contribution in [0.4, 0.5) is 8.78 Å². The maximum atomic E-state index is 13.0. The van der Waals surface area contributed by atoms with E-state index in [1.807, 2.05) is 0 Å². The fraction of sp³-hybridized carbons (Fsp3) is 0. The average Bonchev–Trinajstić information content (AvgIpc) is 2.29.